The fourth-order valence-electron chi connectivity index (χ4n) is 2.71. The average molecular weight is 267 g/mol. The lowest BCUT2D eigenvalue weighted by Gasteiger charge is -2.36. The molecule has 0 spiro atoms. The first-order valence-electron chi connectivity index (χ1n) is 6.70. The van der Waals surface area contributed by atoms with Crippen LogP contribution in [0.5, 0.6) is 0 Å². The van der Waals surface area contributed by atoms with Gasteiger partial charge in [0.1, 0.15) is 5.60 Å². The number of rotatable bonds is 3. The van der Waals surface area contributed by atoms with Crippen molar-refractivity contribution in [1.82, 2.24) is 4.90 Å². The van der Waals surface area contributed by atoms with E-state index in [1.54, 1.807) is 11.0 Å². The molecule has 1 amide bonds. The summed E-state index contributed by atoms with van der Waals surface area (Å²) >= 11 is 0. The van der Waals surface area contributed by atoms with Crippen LogP contribution in [-0.4, -0.2) is 48.7 Å². The van der Waals surface area contributed by atoms with Crippen molar-refractivity contribution in [2.45, 2.75) is 25.9 Å². The molecule has 2 aliphatic rings. The molecule has 3 atom stereocenters. The number of amides is 1. The highest BCUT2D eigenvalue weighted by atomic mass is 16.6. The number of hydrogen-bond donors (Lipinski definition) is 0. The van der Waals surface area contributed by atoms with Crippen LogP contribution in [-0.2, 0) is 19.1 Å². The summed E-state index contributed by atoms with van der Waals surface area (Å²) < 4.78 is 10.7. The Morgan fingerprint density at radius 2 is 2.16 bits per heavy atom. The Labute approximate surface area is 113 Å². The van der Waals surface area contributed by atoms with E-state index in [-0.39, 0.29) is 24.2 Å². The van der Waals surface area contributed by atoms with E-state index in [0.717, 1.165) is 0 Å². The van der Waals surface area contributed by atoms with Gasteiger partial charge in [-0.2, -0.15) is 0 Å². The Balaban J connectivity index is 2.18. The van der Waals surface area contributed by atoms with Gasteiger partial charge in [0.2, 0.25) is 5.91 Å². The molecule has 0 aromatic rings. The number of nitrogens with zero attached hydrogens (tertiary/aromatic N) is 1. The first-order valence-corrected chi connectivity index (χ1v) is 6.70. The average Bonchev–Trinajstić information content (AvgIpc) is 2.74. The third-order valence-electron chi connectivity index (χ3n) is 4.27. The molecule has 2 saturated heterocycles. The monoisotopic (exact) mass is 267 g/mol. The van der Waals surface area contributed by atoms with Crippen LogP contribution in [0.1, 0.15) is 20.3 Å². The summed E-state index contributed by atoms with van der Waals surface area (Å²) in [5.41, 5.74) is -0.784. The number of carbonyl (C=O) groups is 2. The van der Waals surface area contributed by atoms with Gasteiger partial charge >= 0.3 is 5.97 Å². The van der Waals surface area contributed by atoms with E-state index in [0.29, 0.717) is 26.3 Å². The van der Waals surface area contributed by atoms with Gasteiger partial charge in [0, 0.05) is 19.0 Å². The molecule has 5 heteroatoms. The van der Waals surface area contributed by atoms with Gasteiger partial charge in [0.25, 0.3) is 0 Å². The second-order valence-corrected chi connectivity index (χ2v) is 5.38. The van der Waals surface area contributed by atoms with Crippen LogP contribution in [0, 0.1) is 11.8 Å². The van der Waals surface area contributed by atoms with Crippen molar-refractivity contribution in [2.75, 3.05) is 26.3 Å². The second kappa shape index (κ2) is 5.33. The number of carbonyl (C=O) groups excluding carboxylic acids is 2. The van der Waals surface area contributed by atoms with E-state index < -0.39 is 11.5 Å². The molecule has 2 fully saturated rings. The van der Waals surface area contributed by atoms with Gasteiger partial charge in [0.15, 0.2) is 0 Å². The van der Waals surface area contributed by atoms with E-state index in [4.69, 9.17) is 9.47 Å². The lowest BCUT2D eigenvalue weighted by atomic mass is 9.78. The summed E-state index contributed by atoms with van der Waals surface area (Å²) in [4.78, 5) is 26.0. The number of hydrogen-bond acceptors (Lipinski definition) is 4. The summed E-state index contributed by atoms with van der Waals surface area (Å²) in [5.74, 6) is -0.798. The van der Waals surface area contributed by atoms with Gasteiger partial charge in [0.05, 0.1) is 25.6 Å². The van der Waals surface area contributed by atoms with E-state index in [1.807, 2.05) is 13.8 Å². The van der Waals surface area contributed by atoms with Crippen molar-refractivity contribution < 1.29 is 19.1 Å². The van der Waals surface area contributed by atoms with Crippen LogP contribution < -0.4 is 0 Å². The molecule has 0 aromatic heterocycles. The maximum absolute atomic E-state index is 12.6. The molecule has 2 heterocycles. The van der Waals surface area contributed by atoms with E-state index >= 15 is 0 Å². The highest BCUT2D eigenvalue weighted by Gasteiger charge is 2.52. The first-order chi connectivity index (χ1) is 8.99. The van der Waals surface area contributed by atoms with Crippen LogP contribution in [0.15, 0.2) is 12.7 Å². The molecule has 5 nitrogen and oxygen atoms in total. The van der Waals surface area contributed by atoms with Crippen molar-refractivity contribution >= 4 is 11.9 Å². The standard InChI is InChI=1S/C14H21NO4/c1-4-10(2)14(3)11(9-12(16)19-14)13(17)15-5-7-18-8-6-15/h4,10-11H,1,5-9H2,2-3H3. The summed E-state index contributed by atoms with van der Waals surface area (Å²) in [7, 11) is 0. The smallest absolute Gasteiger partial charge is 0.307 e. The quantitative estimate of drug-likeness (QED) is 0.565. The van der Waals surface area contributed by atoms with Crippen molar-refractivity contribution in [2.24, 2.45) is 11.8 Å². The van der Waals surface area contributed by atoms with E-state index in [1.165, 1.54) is 0 Å². The highest BCUT2D eigenvalue weighted by molar-refractivity contribution is 5.88. The molecular formula is C14H21NO4. The van der Waals surface area contributed by atoms with Crippen LogP contribution in [0.2, 0.25) is 0 Å². The number of morpholine rings is 1. The number of esters is 1. The molecule has 0 saturated carbocycles. The zero-order valence-electron chi connectivity index (χ0n) is 11.6. The van der Waals surface area contributed by atoms with Crippen LogP contribution in [0.4, 0.5) is 0 Å². The lowest BCUT2D eigenvalue weighted by molar-refractivity contribution is -0.155. The highest BCUT2D eigenvalue weighted by Crippen LogP contribution is 2.40. The van der Waals surface area contributed by atoms with Crippen LogP contribution >= 0.6 is 0 Å². The molecule has 0 aromatic carbocycles. The number of cyclic esters (lactones) is 1. The van der Waals surface area contributed by atoms with Gasteiger partial charge in [-0.1, -0.05) is 13.0 Å². The molecule has 19 heavy (non-hydrogen) atoms. The maximum atomic E-state index is 12.6. The van der Waals surface area contributed by atoms with Gasteiger partial charge in [-0.3, -0.25) is 9.59 Å². The van der Waals surface area contributed by atoms with Crippen molar-refractivity contribution in [3.63, 3.8) is 0 Å². The summed E-state index contributed by atoms with van der Waals surface area (Å²) in [6.45, 7) is 9.78. The summed E-state index contributed by atoms with van der Waals surface area (Å²) in [6.07, 6.45) is 1.89. The molecule has 0 radical (unpaired) electrons. The molecule has 0 bridgehead atoms. The molecular weight excluding hydrogens is 246 g/mol. The predicted molar refractivity (Wildman–Crippen MR) is 69.4 cm³/mol. The van der Waals surface area contributed by atoms with Crippen molar-refractivity contribution in [3.05, 3.63) is 12.7 Å². The summed E-state index contributed by atoms with van der Waals surface area (Å²) in [6, 6.07) is 0. The molecule has 106 valence electrons. The van der Waals surface area contributed by atoms with E-state index in [2.05, 4.69) is 6.58 Å². The third-order valence-corrected chi connectivity index (χ3v) is 4.27. The largest absolute Gasteiger partial charge is 0.458 e. The van der Waals surface area contributed by atoms with Crippen LogP contribution in [0.25, 0.3) is 0 Å². The zero-order chi connectivity index (χ0) is 14.0. The lowest BCUT2D eigenvalue weighted by Crippen LogP contribution is -2.50. The summed E-state index contributed by atoms with van der Waals surface area (Å²) in [5, 5.41) is 0. The van der Waals surface area contributed by atoms with Gasteiger partial charge in [-0.15, -0.1) is 6.58 Å². The van der Waals surface area contributed by atoms with Crippen molar-refractivity contribution in [1.29, 1.82) is 0 Å². The Kier molecular flexibility index (Phi) is 3.94. The normalized spacial score (nSPS) is 32.8. The fourth-order valence-corrected chi connectivity index (χ4v) is 2.71. The predicted octanol–water partition coefficient (Wildman–Crippen LogP) is 0.989. The third kappa shape index (κ3) is 2.52. The Morgan fingerprint density at radius 1 is 1.53 bits per heavy atom. The fraction of sp³-hybridized carbons (Fsp3) is 0.714. The minimum atomic E-state index is -0.784. The molecule has 0 aliphatic carbocycles. The van der Waals surface area contributed by atoms with Crippen molar-refractivity contribution in [3.8, 4) is 0 Å². The molecule has 3 unspecified atom stereocenters. The molecule has 2 aliphatic heterocycles. The van der Waals surface area contributed by atoms with Gasteiger partial charge in [-0.05, 0) is 6.92 Å². The maximum Gasteiger partial charge on any atom is 0.307 e. The zero-order valence-corrected chi connectivity index (χ0v) is 11.6. The Bertz CT molecular complexity index is 389. The topological polar surface area (TPSA) is 55.8 Å². The van der Waals surface area contributed by atoms with Crippen LogP contribution in [0.3, 0.4) is 0 Å². The first kappa shape index (κ1) is 14.1. The molecule has 2 rings (SSSR count). The minimum Gasteiger partial charge on any atom is -0.458 e. The van der Waals surface area contributed by atoms with Gasteiger partial charge in [-0.25, -0.2) is 0 Å². The Hall–Kier alpha value is -1.36. The van der Waals surface area contributed by atoms with E-state index in [9.17, 15) is 9.59 Å². The Morgan fingerprint density at radius 3 is 2.74 bits per heavy atom. The number of ether oxygens (including phenoxy) is 2. The molecule has 0 N–H and O–H groups in total. The SMILES string of the molecule is C=CC(C)C1(C)OC(=O)CC1C(=O)N1CCOCC1. The second-order valence-electron chi connectivity index (χ2n) is 5.38. The van der Waals surface area contributed by atoms with Gasteiger partial charge < -0.3 is 14.4 Å². The minimum absolute atomic E-state index is 0.00894.